The van der Waals surface area contributed by atoms with Crippen LogP contribution in [0.2, 0.25) is 0 Å². The zero-order chi connectivity index (χ0) is 45.6. The van der Waals surface area contributed by atoms with Crippen molar-refractivity contribution in [3.05, 3.63) is 194 Å². The first-order valence-electron chi connectivity index (χ1n) is 23.0. The van der Waals surface area contributed by atoms with Gasteiger partial charge in [-0.05, 0) is 109 Å². The van der Waals surface area contributed by atoms with E-state index in [0.29, 0.717) is 0 Å². The van der Waals surface area contributed by atoms with Gasteiger partial charge in [-0.1, -0.05) is 54.6 Å². The van der Waals surface area contributed by atoms with Gasteiger partial charge in [0.25, 0.3) is 0 Å². The van der Waals surface area contributed by atoms with Crippen LogP contribution in [0.4, 0.5) is 0 Å². The summed E-state index contributed by atoms with van der Waals surface area (Å²) in [6.45, 7) is 0. The topological polar surface area (TPSA) is 72.9 Å². The molecule has 0 spiro atoms. The van der Waals surface area contributed by atoms with Gasteiger partial charge in [-0.15, -0.1) is 0 Å². The maximum Gasteiger partial charge on any atom is 0.176 e. The molecule has 0 fully saturated rings. The van der Waals surface area contributed by atoms with Crippen molar-refractivity contribution in [2.75, 3.05) is 0 Å². The Bertz CT molecular complexity index is 4040. The summed E-state index contributed by atoms with van der Waals surface area (Å²) < 4.78 is 8.36. The molecule has 68 heavy (non-hydrogen) atoms. The summed E-state index contributed by atoms with van der Waals surface area (Å²) in [6.07, 6.45) is 25.6. The number of aromatic amines is 2. The number of nitrogens with one attached hydrogen (secondary N) is 2. The third-order valence-electron chi connectivity index (χ3n) is 13.7. The number of hydrogen-bond donors (Lipinski definition) is 2. The van der Waals surface area contributed by atoms with Crippen molar-refractivity contribution in [1.29, 1.82) is 0 Å². The van der Waals surface area contributed by atoms with Crippen molar-refractivity contribution in [3.8, 4) is 55.6 Å². The fourth-order valence-corrected chi connectivity index (χ4v) is 10.4. The Labute approximate surface area is 392 Å². The number of aryl methyl sites for hydroxylation is 4. The van der Waals surface area contributed by atoms with Gasteiger partial charge < -0.3 is 9.97 Å². The molecule has 0 unspecified atom stereocenters. The summed E-state index contributed by atoms with van der Waals surface area (Å²) >= 11 is 0. The van der Waals surface area contributed by atoms with Gasteiger partial charge in [0.1, 0.15) is 28.2 Å². The minimum Gasteiger partial charge on any atom is -0.354 e. The molecular weight excluding hydrogens is 833 g/mol. The molecule has 322 valence electrons. The lowest BCUT2D eigenvalue weighted by Crippen LogP contribution is -2.27. The van der Waals surface area contributed by atoms with Crippen LogP contribution < -0.4 is 18.3 Å². The summed E-state index contributed by atoms with van der Waals surface area (Å²) in [7, 11) is 8.25. The summed E-state index contributed by atoms with van der Waals surface area (Å²) in [5.41, 5.74) is 17.9. The van der Waals surface area contributed by atoms with E-state index < -0.39 is 0 Å². The van der Waals surface area contributed by atoms with Crippen LogP contribution in [0.1, 0.15) is 22.8 Å². The van der Waals surface area contributed by atoms with Gasteiger partial charge in [-0.25, -0.2) is 28.2 Å². The van der Waals surface area contributed by atoms with E-state index in [1.807, 2.05) is 21.1 Å². The monoisotopic (exact) mass is 878 g/mol. The number of fused-ring (bicyclic) bond motifs is 8. The number of aromatic nitrogens is 8. The van der Waals surface area contributed by atoms with Gasteiger partial charge in [0, 0.05) is 86.3 Å². The fourth-order valence-electron chi connectivity index (χ4n) is 10.4. The van der Waals surface area contributed by atoms with Crippen LogP contribution in [-0.2, 0) is 28.2 Å². The summed E-state index contributed by atoms with van der Waals surface area (Å²) in [5, 5.41) is 7.61. The first-order valence-corrected chi connectivity index (χ1v) is 23.0. The first-order chi connectivity index (χ1) is 33.3. The van der Waals surface area contributed by atoms with Crippen molar-refractivity contribution in [2.45, 2.75) is 0 Å². The average molecular weight is 879 g/mol. The normalized spacial score (nSPS) is 12.3. The van der Waals surface area contributed by atoms with E-state index in [0.717, 1.165) is 94.9 Å². The predicted molar refractivity (Wildman–Crippen MR) is 274 cm³/mol. The second-order valence-corrected chi connectivity index (χ2v) is 18.2. The zero-order valence-electron chi connectivity index (χ0n) is 38.2. The molecule has 2 N–H and O–H groups in total. The molecule has 0 saturated heterocycles. The van der Waals surface area contributed by atoms with Crippen molar-refractivity contribution >= 4 is 78.7 Å². The highest BCUT2D eigenvalue weighted by molar-refractivity contribution is 6.25. The molecule has 13 rings (SSSR count). The van der Waals surface area contributed by atoms with Gasteiger partial charge in [-0.2, -0.15) is 0 Å². The van der Waals surface area contributed by atoms with Crippen LogP contribution in [0, 0.1) is 0 Å². The van der Waals surface area contributed by atoms with Crippen LogP contribution in [-0.4, -0.2) is 19.9 Å². The Morgan fingerprint density at radius 1 is 0.353 bits per heavy atom. The standard InChI is InChI=1S/C60H45N8/c1-65-28-22-40(23-29-65)57-47-14-16-49(61-47)58(41-24-30-66(2)31-25-41)51-18-20-53(63-51)60(54-21-19-52(64-54)59(50-17-15-48(57)62-50)42-26-32-67(3)33-27-42)44-34-43(35-68(4)36-44)45-12-10-39-9-8-37-6-5-7-38-11-13-46(45)56(39)55(37)38/h5-36H,1-4H3,(H,61,62,63,64)/q+3/p+1. The van der Waals surface area contributed by atoms with E-state index in [4.69, 9.17) is 9.97 Å². The second-order valence-electron chi connectivity index (χ2n) is 18.2. The van der Waals surface area contributed by atoms with E-state index in [1.165, 1.54) is 37.9 Å². The van der Waals surface area contributed by atoms with Crippen LogP contribution in [0.25, 0.3) is 134 Å². The molecular formula is C60H46N8+4. The molecule has 8 heteroatoms. The Morgan fingerprint density at radius 2 is 0.735 bits per heavy atom. The fraction of sp³-hybridized carbons (Fsp3) is 0.0667. The SMILES string of the molecule is C[n+]1ccc(-c2c3nc(c(-c4cc[n+](C)cc4)c4ccc([nH]4)c(-c4cc(-c5ccc6ccc7cccc8ccc5c6c78)c[n+](C)c4)c4nc(c(-c5cc[n+](C)cc5)c5ccc2[nH]5)C=C4)C=C3)cc1. The van der Waals surface area contributed by atoms with E-state index in [9.17, 15) is 0 Å². The second kappa shape index (κ2) is 15.4. The summed E-state index contributed by atoms with van der Waals surface area (Å²) in [5.74, 6) is 0. The number of H-pyrrole nitrogens is 2. The van der Waals surface area contributed by atoms with Crippen molar-refractivity contribution in [2.24, 2.45) is 28.2 Å². The lowest BCUT2D eigenvalue weighted by atomic mass is 9.89. The smallest absolute Gasteiger partial charge is 0.176 e. The van der Waals surface area contributed by atoms with Crippen LogP contribution >= 0.6 is 0 Å². The number of hydrogen-bond acceptors (Lipinski definition) is 2. The van der Waals surface area contributed by atoms with Gasteiger partial charge in [0.05, 0.1) is 28.3 Å². The molecule has 9 heterocycles. The summed E-state index contributed by atoms with van der Waals surface area (Å²) in [6, 6.07) is 44.3. The van der Waals surface area contributed by atoms with Crippen LogP contribution in [0.15, 0.2) is 171 Å². The third kappa shape index (κ3) is 6.52. The molecule has 11 aromatic rings. The van der Waals surface area contributed by atoms with Gasteiger partial charge in [0.2, 0.25) is 0 Å². The largest absolute Gasteiger partial charge is 0.354 e. The molecule has 7 aromatic heterocycles. The van der Waals surface area contributed by atoms with Gasteiger partial charge >= 0.3 is 0 Å². The van der Waals surface area contributed by atoms with Crippen molar-refractivity contribution < 1.29 is 18.3 Å². The van der Waals surface area contributed by atoms with Crippen LogP contribution in [0.5, 0.6) is 0 Å². The highest BCUT2D eigenvalue weighted by Gasteiger charge is 2.22. The quantitative estimate of drug-likeness (QED) is 0.134. The number of benzene rings is 4. The molecule has 4 aromatic carbocycles. The van der Waals surface area contributed by atoms with Crippen molar-refractivity contribution in [3.63, 3.8) is 0 Å². The van der Waals surface area contributed by atoms with E-state index in [1.54, 1.807) is 0 Å². The third-order valence-corrected chi connectivity index (χ3v) is 13.7. The zero-order valence-corrected chi connectivity index (χ0v) is 38.2. The lowest BCUT2D eigenvalue weighted by molar-refractivity contribution is -0.671. The molecule has 8 nitrogen and oxygen atoms in total. The van der Waals surface area contributed by atoms with Gasteiger partial charge in [0.15, 0.2) is 49.6 Å². The summed E-state index contributed by atoms with van der Waals surface area (Å²) in [4.78, 5) is 18.9. The minimum absolute atomic E-state index is 0.866. The molecule has 0 saturated carbocycles. The highest BCUT2D eigenvalue weighted by atomic mass is 14.9. The van der Waals surface area contributed by atoms with E-state index in [-0.39, 0.29) is 0 Å². The maximum absolute atomic E-state index is 5.61. The molecule has 0 aliphatic carbocycles. The minimum atomic E-state index is 0.866. The van der Waals surface area contributed by atoms with Crippen LogP contribution in [0.3, 0.4) is 0 Å². The Hall–Kier alpha value is -8.88. The number of rotatable bonds is 5. The Kier molecular flexibility index (Phi) is 8.92. The first kappa shape index (κ1) is 39.5. The highest BCUT2D eigenvalue weighted by Crippen LogP contribution is 2.42. The Morgan fingerprint density at radius 3 is 1.19 bits per heavy atom. The maximum atomic E-state index is 5.61. The molecule has 0 atom stereocenters. The molecule has 2 aliphatic rings. The number of pyridine rings is 4. The van der Waals surface area contributed by atoms with E-state index in [2.05, 4.69) is 230 Å². The molecule has 2 aliphatic heterocycles. The molecule has 8 bridgehead atoms. The van der Waals surface area contributed by atoms with E-state index >= 15 is 0 Å². The average Bonchev–Trinajstić information content (AvgIpc) is 4.21. The van der Waals surface area contributed by atoms with Crippen molar-refractivity contribution in [1.82, 2.24) is 19.9 Å². The Balaban J connectivity index is 1.14. The number of nitrogens with zero attached hydrogens (tertiary/aromatic N) is 6. The lowest BCUT2D eigenvalue weighted by Gasteiger charge is -2.14. The van der Waals surface area contributed by atoms with Gasteiger partial charge in [-0.3, -0.25) is 0 Å². The predicted octanol–water partition coefficient (Wildman–Crippen LogP) is 11.2. The molecule has 0 amide bonds. The molecule has 0 radical (unpaired) electrons.